The summed E-state index contributed by atoms with van der Waals surface area (Å²) in [5, 5.41) is 7.74. The molecular weight excluding hydrogens is 336 g/mol. The topological polar surface area (TPSA) is 100.0 Å². The fourth-order valence-electron chi connectivity index (χ4n) is 2.25. The smallest absolute Gasteiger partial charge is 0.228 e. The molecule has 3 rings (SSSR count). The minimum Gasteiger partial charge on any atom is -0.326 e. The molecule has 2 aliphatic rings. The molecule has 0 fully saturated rings. The quantitative estimate of drug-likeness (QED) is 0.827. The van der Waals surface area contributed by atoms with E-state index in [4.69, 9.17) is 0 Å². The number of carbonyl (C=O) groups excluding carboxylic acids is 1. The Labute approximate surface area is 138 Å². The SMILES string of the molecule is CS(=O)(=O)CCN=C1NN=C(c2ccc3c(c2)NC(=O)C3)CS1. The van der Waals surface area contributed by atoms with Gasteiger partial charge >= 0.3 is 0 Å². The lowest BCUT2D eigenvalue weighted by molar-refractivity contribution is -0.115. The number of hydrazone groups is 1. The number of nitrogens with zero attached hydrogens (tertiary/aromatic N) is 2. The number of aliphatic imine (C=N–C) groups is 1. The number of hydrogen-bond donors (Lipinski definition) is 2. The molecule has 1 amide bonds. The van der Waals surface area contributed by atoms with Gasteiger partial charge in [0.2, 0.25) is 5.91 Å². The number of amidine groups is 1. The molecule has 0 atom stereocenters. The molecule has 2 aliphatic heterocycles. The van der Waals surface area contributed by atoms with Crippen LogP contribution in [0.5, 0.6) is 0 Å². The molecule has 23 heavy (non-hydrogen) atoms. The number of carbonyl (C=O) groups is 1. The van der Waals surface area contributed by atoms with Gasteiger partial charge in [0, 0.05) is 23.3 Å². The van der Waals surface area contributed by atoms with Crippen molar-refractivity contribution in [1.82, 2.24) is 5.43 Å². The molecule has 0 saturated carbocycles. The number of benzene rings is 1. The number of fused-ring (bicyclic) bond motifs is 1. The van der Waals surface area contributed by atoms with Crippen molar-refractivity contribution in [1.29, 1.82) is 0 Å². The number of sulfone groups is 1. The van der Waals surface area contributed by atoms with Crippen molar-refractivity contribution in [2.45, 2.75) is 6.42 Å². The molecule has 0 radical (unpaired) electrons. The van der Waals surface area contributed by atoms with E-state index < -0.39 is 9.84 Å². The summed E-state index contributed by atoms with van der Waals surface area (Å²) in [6, 6.07) is 5.81. The Balaban J connectivity index is 1.67. The van der Waals surface area contributed by atoms with Gasteiger partial charge in [0.15, 0.2) is 5.17 Å². The predicted molar refractivity (Wildman–Crippen MR) is 92.9 cm³/mol. The van der Waals surface area contributed by atoms with E-state index in [-0.39, 0.29) is 18.2 Å². The Kier molecular flexibility index (Phi) is 4.40. The summed E-state index contributed by atoms with van der Waals surface area (Å²) in [6.45, 7) is 0.226. The van der Waals surface area contributed by atoms with Crippen LogP contribution in [0.4, 0.5) is 5.69 Å². The van der Waals surface area contributed by atoms with Crippen LogP contribution in [0.1, 0.15) is 11.1 Å². The van der Waals surface area contributed by atoms with Gasteiger partial charge in [0.25, 0.3) is 0 Å². The Hall–Kier alpha value is -1.87. The molecule has 122 valence electrons. The molecule has 2 heterocycles. The largest absolute Gasteiger partial charge is 0.326 e. The van der Waals surface area contributed by atoms with Crippen molar-refractivity contribution in [3.63, 3.8) is 0 Å². The summed E-state index contributed by atoms with van der Waals surface area (Å²) in [4.78, 5) is 15.6. The van der Waals surface area contributed by atoms with Gasteiger partial charge in [0.05, 0.1) is 24.4 Å². The maximum Gasteiger partial charge on any atom is 0.228 e. The Bertz CT molecular complexity index is 815. The van der Waals surface area contributed by atoms with Crippen LogP contribution in [0.3, 0.4) is 0 Å². The van der Waals surface area contributed by atoms with Crippen molar-refractivity contribution in [2.75, 3.05) is 29.6 Å². The summed E-state index contributed by atoms with van der Waals surface area (Å²) < 4.78 is 22.1. The highest BCUT2D eigenvalue weighted by molar-refractivity contribution is 8.14. The van der Waals surface area contributed by atoms with E-state index in [0.29, 0.717) is 17.3 Å². The molecule has 1 aromatic rings. The van der Waals surface area contributed by atoms with Gasteiger partial charge in [0.1, 0.15) is 9.84 Å². The van der Waals surface area contributed by atoms with Crippen LogP contribution in [-0.2, 0) is 21.1 Å². The maximum absolute atomic E-state index is 11.4. The Morgan fingerprint density at radius 2 is 2.22 bits per heavy atom. The summed E-state index contributed by atoms with van der Waals surface area (Å²) in [6.07, 6.45) is 1.61. The molecule has 9 heteroatoms. The Morgan fingerprint density at radius 1 is 1.39 bits per heavy atom. The third-order valence-corrected chi connectivity index (χ3v) is 5.25. The molecule has 2 N–H and O–H groups in total. The standard InChI is InChI=1S/C14H16N4O3S2/c1-23(20,21)5-4-15-14-18-17-12(8-22-14)9-2-3-10-7-13(19)16-11(10)6-9/h2-3,6H,4-5,7-8H2,1H3,(H,15,18)(H,16,19). The maximum atomic E-state index is 11.4. The second kappa shape index (κ2) is 6.32. The van der Waals surface area contributed by atoms with Crippen molar-refractivity contribution >= 4 is 44.1 Å². The van der Waals surface area contributed by atoms with Gasteiger partial charge < -0.3 is 5.32 Å². The zero-order chi connectivity index (χ0) is 16.4. The van der Waals surface area contributed by atoms with E-state index in [0.717, 1.165) is 22.5 Å². The van der Waals surface area contributed by atoms with Gasteiger partial charge in [-0.3, -0.25) is 15.2 Å². The third kappa shape index (κ3) is 4.11. The molecular formula is C14H16N4O3S2. The van der Waals surface area contributed by atoms with Crippen LogP contribution < -0.4 is 10.7 Å². The molecule has 0 aromatic heterocycles. The first-order chi connectivity index (χ1) is 10.9. The highest BCUT2D eigenvalue weighted by Crippen LogP contribution is 2.25. The number of nitrogens with one attached hydrogen (secondary N) is 2. The monoisotopic (exact) mass is 352 g/mol. The number of amides is 1. The van der Waals surface area contributed by atoms with E-state index >= 15 is 0 Å². The van der Waals surface area contributed by atoms with Crippen LogP contribution in [0, 0.1) is 0 Å². The van der Waals surface area contributed by atoms with Crippen LogP contribution >= 0.6 is 11.8 Å². The lowest BCUT2D eigenvalue weighted by Gasteiger charge is -2.15. The van der Waals surface area contributed by atoms with Crippen molar-refractivity contribution in [3.05, 3.63) is 29.3 Å². The minimum atomic E-state index is -3.00. The molecule has 0 spiro atoms. The van der Waals surface area contributed by atoms with Crippen LogP contribution in [0.15, 0.2) is 28.3 Å². The van der Waals surface area contributed by atoms with Gasteiger partial charge in [-0.1, -0.05) is 23.9 Å². The second-order valence-electron chi connectivity index (χ2n) is 5.37. The van der Waals surface area contributed by atoms with Crippen molar-refractivity contribution < 1.29 is 13.2 Å². The molecule has 0 saturated heterocycles. The first-order valence-corrected chi connectivity index (χ1v) is 10.1. The highest BCUT2D eigenvalue weighted by Gasteiger charge is 2.20. The van der Waals surface area contributed by atoms with Crippen LogP contribution in [-0.4, -0.2) is 49.5 Å². The summed E-state index contributed by atoms with van der Waals surface area (Å²) in [7, 11) is -3.00. The zero-order valence-electron chi connectivity index (χ0n) is 12.5. The molecule has 0 unspecified atom stereocenters. The van der Waals surface area contributed by atoms with Gasteiger partial charge in [-0.05, 0) is 11.6 Å². The fraction of sp³-hybridized carbons (Fsp3) is 0.357. The Morgan fingerprint density at radius 3 is 2.91 bits per heavy atom. The van der Waals surface area contributed by atoms with Crippen molar-refractivity contribution in [3.8, 4) is 0 Å². The number of thioether (sulfide) groups is 1. The lowest BCUT2D eigenvalue weighted by atomic mass is 10.1. The summed E-state index contributed by atoms with van der Waals surface area (Å²) in [5.74, 6) is 0.674. The van der Waals surface area contributed by atoms with Gasteiger partial charge in [-0.25, -0.2) is 8.42 Å². The number of hydrogen-bond acceptors (Lipinski definition) is 6. The molecule has 1 aromatic carbocycles. The summed E-state index contributed by atoms with van der Waals surface area (Å²) in [5.41, 5.74) is 6.50. The molecule has 0 bridgehead atoms. The average molecular weight is 352 g/mol. The second-order valence-corrected chi connectivity index (χ2v) is 8.60. The zero-order valence-corrected chi connectivity index (χ0v) is 14.1. The van der Waals surface area contributed by atoms with Crippen LogP contribution in [0.25, 0.3) is 0 Å². The fourth-order valence-corrected chi connectivity index (χ4v) is 3.47. The number of anilines is 1. The van der Waals surface area contributed by atoms with E-state index in [2.05, 4.69) is 20.8 Å². The average Bonchev–Trinajstić information content (AvgIpc) is 2.86. The van der Waals surface area contributed by atoms with Crippen molar-refractivity contribution in [2.24, 2.45) is 10.1 Å². The summed E-state index contributed by atoms with van der Waals surface area (Å²) >= 11 is 1.48. The van der Waals surface area contributed by atoms with E-state index in [1.54, 1.807) is 0 Å². The molecule has 0 aliphatic carbocycles. The normalized spacial score (nSPS) is 19.1. The predicted octanol–water partition coefficient (Wildman–Crippen LogP) is 0.622. The highest BCUT2D eigenvalue weighted by atomic mass is 32.2. The van der Waals surface area contributed by atoms with Gasteiger partial charge in [-0.15, -0.1) is 0 Å². The minimum absolute atomic E-state index is 0.00975. The van der Waals surface area contributed by atoms with E-state index in [1.165, 1.54) is 18.0 Å². The van der Waals surface area contributed by atoms with E-state index in [1.807, 2.05) is 18.2 Å². The van der Waals surface area contributed by atoms with Crippen LogP contribution in [0.2, 0.25) is 0 Å². The van der Waals surface area contributed by atoms with Gasteiger partial charge in [-0.2, -0.15) is 5.10 Å². The first kappa shape index (κ1) is 16.0. The number of rotatable bonds is 4. The van der Waals surface area contributed by atoms with E-state index in [9.17, 15) is 13.2 Å². The third-order valence-electron chi connectivity index (χ3n) is 3.42. The first-order valence-electron chi connectivity index (χ1n) is 7.01. The lowest BCUT2D eigenvalue weighted by Crippen LogP contribution is -2.26. The molecule has 7 nitrogen and oxygen atoms in total.